The Kier molecular flexibility index (Phi) is 11.0. The summed E-state index contributed by atoms with van der Waals surface area (Å²) in [7, 11) is -3.58. The zero-order valence-corrected chi connectivity index (χ0v) is 22.5. The predicted molar refractivity (Wildman–Crippen MR) is 142 cm³/mol. The smallest absolute Gasteiger partial charge is 0.242 e. The molecule has 0 aliphatic heterocycles. The summed E-state index contributed by atoms with van der Waals surface area (Å²) in [6, 6.07) is 14.0. The van der Waals surface area contributed by atoms with E-state index >= 15 is 0 Å². The molecular formula is C26H36ClN3O4S. The molecule has 0 radical (unpaired) electrons. The van der Waals surface area contributed by atoms with Gasteiger partial charge in [0.25, 0.3) is 0 Å². The topological polar surface area (TPSA) is 86.8 Å². The Bertz CT molecular complexity index is 1090. The van der Waals surface area contributed by atoms with Crippen LogP contribution in [0.25, 0.3) is 0 Å². The zero-order valence-electron chi connectivity index (χ0n) is 21.0. The SMILES string of the molecule is CCCNC(=O)C(CC)N(Cc1ccccc1)C(=O)CCCN(c1cc(Cl)ccc1C)S(C)(=O)=O. The van der Waals surface area contributed by atoms with E-state index in [2.05, 4.69) is 5.32 Å². The summed E-state index contributed by atoms with van der Waals surface area (Å²) in [6.45, 7) is 6.66. The van der Waals surface area contributed by atoms with Crippen molar-refractivity contribution in [1.29, 1.82) is 0 Å². The van der Waals surface area contributed by atoms with Crippen molar-refractivity contribution in [3.63, 3.8) is 0 Å². The van der Waals surface area contributed by atoms with Crippen molar-refractivity contribution < 1.29 is 18.0 Å². The minimum atomic E-state index is -3.58. The van der Waals surface area contributed by atoms with Crippen LogP contribution >= 0.6 is 11.6 Å². The lowest BCUT2D eigenvalue weighted by Gasteiger charge is -2.31. The minimum absolute atomic E-state index is 0.107. The molecule has 192 valence electrons. The number of carbonyl (C=O) groups excluding carboxylic acids is 2. The molecule has 0 bridgehead atoms. The molecule has 0 aliphatic rings. The van der Waals surface area contributed by atoms with Crippen molar-refractivity contribution in [3.05, 3.63) is 64.7 Å². The molecule has 0 aromatic heterocycles. The van der Waals surface area contributed by atoms with Gasteiger partial charge in [-0.15, -0.1) is 0 Å². The molecule has 0 saturated heterocycles. The summed E-state index contributed by atoms with van der Waals surface area (Å²) in [5.41, 5.74) is 2.20. The summed E-state index contributed by atoms with van der Waals surface area (Å²) < 4.78 is 26.3. The van der Waals surface area contributed by atoms with E-state index < -0.39 is 16.1 Å². The van der Waals surface area contributed by atoms with E-state index in [9.17, 15) is 18.0 Å². The quantitative estimate of drug-likeness (QED) is 0.419. The molecule has 0 fully saturated rings. The third-order valence-corrected chi connectivity index (χ3v) is 7.14. The molecule has 0 spiro atoms. The van der Waals surface area contributed by atoms with Crippen molar-refractivity contribution in [3.8, 4) is 0 Å². The van der Waals surface area contributed by atoms with Gasteiger partial charge in [-0.25, -0.2) is 8.42 Å². The molecule has 1 N–H and O–H groups in total. The van der Waals surface area contributed by atoms with Crippen molar-refractivity contribution in [2.45, 2.75) is 59.0 Å². The summed E-state index contributed by atoms with van der Waals surface area (Å²) in [4.78, 5) is 27.8. The van der Waals surface area contributed by atoms with E-state index in [1.165, 1.54) is 4.31 Å². The highest BCUT2D eigenvalue weighted by atomic mass is 35.5. The molecule has 9 heteroatoms. The molecule has 7 nitrogen and oxygen atoms in total. The van der Waals surface area contributed by atoms with Gasteiger partial charge in [-0.05, 0) is 49.4 Å². The van der Waals surface area contributed by atoms with Crippen LogP contribution in [0.5, 0.6) is 0 Å². The van der Waals surface area contributed by atoms with E-state index in [1.54, 1.807) is 23.1 Å². The van der Waals surface area contributed by atoms with E-state index in [0.717, 1.165) is 23.8 Å². The van der Waals surface area contributed by atoms with Gasteiger partial charge in [-0.1, -0.05) is 61.8 Å². The molecule has 2 amide bonds. The lowest BCUT2D eigenvalue weighted by Crippen LogP contribution is -2.49. The summed E-state index contributed by atoms with van der Waals surface area (Å²) in [5, 5.41) is 3.34. The number of benzene rings is 2. The third-order valence-electron chi connectivity index (χ3n) is 5.72. The molecule has 1 unspecified atom stereocenters. The van der Waals surface area contributed by atoms with Gasteiger partial charge in [-0.3, -0.25) is 13.9 Å². The summed E-state index contributed by atoms with van der Waals surface area (Å²) >= 11 is 6.11. The second kappa shape index (κ2) is 13.5. The van der Waals surface area contributed by atoms with Crippen LogP contribution in [0.4, 0.5) is 5.69 Å². The van der Waals surface area contributed by atoms with Gasteiger partial charge < -0.3 is 10.2 Å². The highest BCUT2D eigenvalue weighted by molar-refractivity contribution is 7.92. The molecule has 35 heavy (non-hydrogen) atoms. The molecule has 0 saturated carbocycles. The Morgan fingerprint density at radius 1 is 1.09 bits per heavy atom. The van der Waals surface area contributed by atoms with Gasteiger partial charge in [0, 0.05) is 31.1 Å². The van der Waals surface area contributed by atoms with Gasteiger partial charge in [-0.2, -0.15) is 0 Å². The van der Waals surface area contributed by atoms with Crippen molar-refractivity contribution in [1.82, 2.24) is 10.2 Å². The highest BCUT2D eigenvalue weighted by Crippen LogP contribution is 2.27. The Balaban J connectivity index is 2.21. The first-order chi connectivity index (χ1) is 16.6. The minimum Gasteiger partial charge on any atom is -0.354 e. The predicted octanol–water partition coefficient (Wildman–Crippen LogP) is 4.53. The fourth-order valence-electron chi connectivity index (χ4n) is 3.90. The number of hydrogen-bond donors (Lipinski definition) is 1. The molecule has 0 heterocycles. The van der Waals surface area contributed by atoms with Crippen LogP contribution in [0, 0.1) is 6.92 Å². The van der Waals surface area contributed by atoms with Crippen molar-refractivity contribution in [2.24, 2.45) is 0 Å². The number of nitrogens with one attached hydrogen (secondary N) is 1. The number of anilines is 1. The first-order valence-corrected chi connectivity index (χ1v) is 14.2. The maximum absolute atomic E-state index is 13.4. The zero-order chi connectivity index (χ0) is 26.0. The Morgan fingerprint density at radius 3 is 2.37 bits per heavy atom. The van der Waals surface area contributed by atoms with E-state index in [-0.39, 0.29) is 24.8 Å². The maximum Gasteiger partial charge on any atom is 0.242 e. The van der Waals surface area contributed by atoms with Crippen LogP contribution in [0.1, 0.15) is 50.7 Å². The normalized spacial score (nSPS) is 12.1. The van der Waals surface area contributed by atoms with Crippen LogP contribution in [0.2, 0.25) is 5.02 Å². The summed E-state index contributed by atoms with van der Waals surface area (Å²) in [5.74, 6) is -0.366. The first kappa shape index (κ1) is 28.7. The second-order valence-corrected chi connectivity index (χ2v) is 10.9. The van der Waals surface area contributed by atoms with Crippen LogP contribution in [0.15, 0.2) is 48.5 Å². The van der Waals surface area contributed by atoms with E-state index in [4.69, 9.17) is 11.6 Å². The van der Waals surface area contributed by atoms with Gasteiger partial charge in [0.1, 0.15) is 6.04 Å². The molecule has 0 aliphatic carbocycles. The van der Waals surface area contributed by atoms with E-state index in [0.29, 0.717) is 36.6 Å². The fourth-order valence-corrected chi connectivity index (χ4v) is 5.08. The highest BCUT2D eigenvalue weighted by Gasteiger charge is 2.28. The lowest BCUT2D eigenvalue weighted by molar-refractivity contribution is -0.141. The van der Waals surface area contributed by atoms with Crippen LogP contribution in [0.3, 0.4) is 0 Å². The molecule has 2 rings (SSSR count). The Hall–Kier alpha value is -2.58. The monoisotopic (exact) mass is 521 g/mol. The van der Waals surface area contributed by atoms with Gasteiger partial charge in [0.2, 0.25) is 21.8 Å². The third kappa shape index (κ3) is 8.54. The van der Waals surface area contributed by atoms with Gasteiger partial charge in [0.05, 0.1) is 11.9 Å². The Morgan fingerprint density at radius 2 is 1.77 bits per heavy atom. The Labute approximate surface area is 214 Å². The van der Waals surface area contributed by atoms with E-state index in [1.807, 2.05) is 51.1 Å². The van der Waals surface area contributed by atoms with Crippen LogP contribution in [-0.4, -0.2) is 50.5 Å². The van der Waals surface area contributed by atoms with Gasteiger partial charge in [0.15, 0.2) is 0 Å². The fraction of sp³-hybridized carbons (Fsp3) is 0.462. The average molecular weight is 522 g/mol. The summed E-state index contributed by atoms with van der Waals surface area (Å²) in [6.07, 6.45) is 2.83. The van der Waals surface area contributed by atoms with Crippen LogP contribution in [-0.2, 0) is 26.2 Å². The number of sulfonamides is 1. The molecular weight excluding hydrogens is 486 g/mol. The van der Waals surface area contributed by atoms with Crippen molar-refractivity contribution in [2.75, 3.05) is 23.7 Å². The maximum atomic E-state index is 13.4. The average Bonchev–Trinajstić information content (AvgIpc) is 2.81. The first-order valence-electron chi connectivity index (χ1n) is 11.9. The number of hydrogen-bond acceptors (Lipinski definition) is 4. The number of carbonyl (C=O) groups is 2. The largest absolute Gasteiger partial charge is 0.354 e. The number of aryl methyl sites for hydroxylation is 1. The molecule has 2 aromatic carbocycles. The number of nitrogens with zero attached hydrogens (tertiary/aromatic N) is 2. The molecule has 1 atom stereocenters. The standard InChI is InChI=1S/C26H36ClN3O4S/c1-5-16-28-26(32)23(6-2)29(19-21-11-8-7-9-12-21)25(31)13-10-17-30(35(4,33)34)24-18-22(27)15-14-20(24)3/h7-9,11-12,14-15,18,23H,5-6,10,13,16-17,19H2,1-4H3,(H,28,32). The van der Waals surface area contributed by atoms with Gasteiger partial charge >= 0.3 is 0 Å². The number of halogens is 1. The number of amides is 2. The molecule has 2 aromatic rings. The van der Waals surface area contributed by atoms with Crippen LogP contribution < -0.4 is 9.62 Å². The lowest BCUT2D eigenvalue weighted by atomic mass is 10.1. The number of rotatable bonds is 13. The second-order valence-electron chi connectivity index (χ2n) is 8.59. The van der Waals surface area contributed by atoms with Crippen molar-refractivity contribution >= 4 is 39.1 Å².